The Bertz CT molecular complexity index is 860. The van der Waals surface area contributed by atoms with E-state index in [1.807, 2.05) is 62.4 Å². The number of hydrogen-bond acceptors (Lipinski definition) is 3. The van der Waals surface area contributed by atoms with E-state index in [0.717, 1.165) is 11.1 Å². The first-order chi connectivity index (χ1) is 11.6. The van der Waals surface area contributed by atoms with Crippen LogP contribution < -0.4 is 5.32 Å². The number of aromatic nitrogens is 2. The van der Waals surface area contributed by atoms with E-state index in [2.05, 4.69) is 21.4 Å². The van der Waals surface area contributed by atoms with Gasteiger partial charge in [-0.25, -0.2) is 9.97 Å². The number of benzene rings is 2. The van der Waals surface area contributed by atoms with Crippen LogP contribution in [0.2, 0.25) is 0 Å². The smallest absolute Gasteiger partial charge is 0.254 e. The van der Waals surface area contributed by atoms with Crippen molar-refractivity contribution in [1.82, 2.24) is 15.3 Å². The van der Waals surface area contributed by atoms with Gasteiger partial charge in [0.1, 0.15) is 0 Å². The van der Waals surface area contributed by atoms with Gasteiger partial charge in [-0.15, -0.1) is 0 Å². The third-order valence-corrected chi connectivity index (χ3v) is 3.79. The van der Waals surface area contributed by atoms with Gasteiger partial charge in [-0.2, -0.15) is 0 Å². The van der Waals surface area contributed by atoms with Crippen molar-refractivity contribution >= 4 is 5.91 Å². The van der Waals surface area contributed by atoms with E-state index >= 15 is 0 Å². The highest BCUT2D eigenvalue weighted by Crippen LogP contribution is 2.15. The highest BCUT2D eigenvalue weighted by Gasteiger charge is 2.12. The summed E-state index contributed by atoms with van der Waals surface area (Å²) in [7, 11) is 0. The third-order valence-electron chi connectivity index (χ3n) is 3.79. The van der Waals surface area contributed by atoms with E-state index in [-0.39, 0.29) is 5.91 Å². The van der Waals surface area contributed by atoms with Gasteiger partial charge in [0.2, 0.25) is 0 Å². The standard InChI is InChI=1S/C20H19N3O/c1-14-7-6-8-16(11-14)12-22-20(24)18-13-21-19(23-15(18)2)17-9-4-3-5-10-17/h3-11,13H,12H2,1-2H3,(H,22,24). The SMILES string of the molecule is Cc1cccc(CNC(=O)c2cnc(-c3ccccc3)nc2C)c1. The maximum atomic E-state index is 12.4. The van der Waals surface area contributed by atoms with Crippen LogP contribution in [0.3, 0.4) is 0 Å². The highest BCUT2D eigenvalue weighted by atomic mass is 16.1. The van der Waals surface area contributed by atoms with Crippen LogP contribution in [0.5, 0.6) is 0 Å². The topological polar surface area (TPSA) is 54.9 Å². The molecular weight excluding hydrogens is 298 g/mol. The number of nitrogens with zero attached hydrogens (tertiary/aromatic N) is 2. The number of carbonyl (C=O) groups is 1. The first kappa shape index (κ1) is 15.9. The average molecular weight is 317 g/mol. The molecule has 0 aliphatic rings. The van der Waals surface area contributed by atoms with Gasteiger partial charge in [-0.05, 0) is 19.4 Å². The fourth-order valence-electron chi connectivity index (χ4n) is 2.52. The summed E-state index contributed by atoms with van der Waals surface area (Å²) in [6.07, 6.45) is 1.59. The van der Waals surface area contributed by atoms with Gasteiger partial charge in [0.05, 0.1) is 11.3 Å². The summed E-state index contributed by atoms with van der Waals surface area (Å²) in [5.74, 6) is 0.469. The Labute approximate surface area is 141 Å². The number of amides is 1. The zero-order chi connectivity index (χ0) is 16.9. The molecule has 120 valence electrons. The van der Waals surface area contributed by atoms with Crippen LogP contribution in [0.1, 0.15) is 27.2 Å². The summed E-state index contributed by atoms with van der Waals surface area (Å²) in [5.41, 5.74) is 4.36. The molecule has 3 aromatic rings. The summed E-state index contributed by atoms with van der Waals surface area (Å²) < 4.78 is 0. The fraction of sp³-hybridized carbons (Fsp3) is 0.150. The number of rotatable bonds is 4. The van der Waals surface area contributed by atoms with Crippen molar-refractivity contribution in [2.24, 2.45) is 0 Å². The maximum Gasteiger partial charge on any atom is 0.254 e. The molecular formula is C20H19N3O. The van der Waals surface area contributed by atoms with Crippen LogP contribution in [0.4, 0.5) is 0 Å². The average Bonchev–Trinajstić information content (AvgIpc) is 2.60. The molecule has 0 unspecified atom stereocenters. The number of hydrogen-bond donors (Lipinski definition) is 1. The van der Waals surface area contributed by atoms with Gasteiger partial charge in [-0.1, -0.05) is 60.2 Å². The quantitative estimate of drug-likeness (QED) is 0.798. The van der Waals surface area contributed by atoms with Gasteiger partial charge in [-0.3, -0.25) is 4.79 Å². The summed E-state index contributed by atoms with van der Waals surface area (Å²) in [6.45, 7) is 4.35. The molecule has 1 aromatic heterocycles. The minimum atomic E-state index is -0.159. The maximum absolute atomic E-state index is 12.4. The summed E-state index contributed by atoms with van der Waals surface area (Å²) in [4.78, 5) is 21.2. The Balaban J connectivity index is 1.73. The molecule has 4 nitrogen and oxygen atoms in total. The number of nitrogens with one attached hydrogen (secondary N) is 1. The van der Waals surface area contributed by atoms with Gasteiger partial charge < -0.3 is 5.32 Å². The molecule has 2 aromatic carbocycles. The van der Waals surface area contributed by atoms with Crippen molar-refractivity contribution < 1.29 is 4.79 Å². The second kappa shape index (κ2) is 7.04. The Morgan fingerprint density at radius 2 is 1.83 bits per heavy atom. The van der Waals surface area contributed by atoms with E-state index in [1.54, 1.807) is 6.20 Å². The predicted molar refractivity (Wildman–Crippen MR) is 94.6 cm³/mol. The Morgan fingerprint density at radius 3 is 2.54 bits per heavy atom. The van der Waals surface area contributed by atoms with E-state index in [0.29, 0.717) is 23.6 Å². The lowest BCUT2D eigenvalue weighted by Gasteiger charge is -2.09. The Hall–Kier alpha value is -3.01. The Morgan fingerprint density at radius 1 is 1.04 bits per heavy atom. The van der Waals surface area contributed by atoms with Gasteiger partial charge in [0, 0.05) is 18.3 Å². The molecule has 1 N–H and O–H groups in total. The van der Waals surface area contributed by atoms with Crippen molar-refractivity contribution in [3.05, 3.63) is 83.2 Å². The molecule has 0 aliphatic heterocycles. The largest absolute Gasteiger partial charge is 0.348 e. The highest BCUT2D eigenvalue weighted by molar-refractivity contribution is 5.95. The van der Waals surface area contributed by atoms with Crippen LogP contribution in [-0.4, -0.2) is 15.9 Å². The molecule has 1 heterocycles. The normalized spacial score (nSPS) is 10.4. The van der Waals surface area contributed by atoms with Crippen molar-refractivity contribution in [2.45, 2.75) is 20.4 Å². The lowest BCUT2D eigenvalue weighted by molar-refractivity contribution is 0.0949. The summed E-state index contributed by atoms with van der Waals surface area (Å²) >= 11 is 0. The molecule has 1 amide bonds. The van der Waals surface area contributed by atoms with Crippen LogP contribution in [0.15, 0.2) is 60.8 Å². The molecule has 4 heteroatoms. The van der Waals surface area contributed by atoms with Crippen LogP contribution in [-0.2, 0) is 6.54 Å². The molecule has 0 bridgehead atoms. The second-order valence-electron chi connectivity index (χ2n) is 5.73. The monoisotopic (exact) mass is 317 g/mol. The third kappa shape index (κ3) is 3.66. The van der Waals surface area contributed by atoms with Crippen LogP contribution in [0, 0.1) is 13.8 Å². The lowest BCUT2D eigenvalue weighted by atomic mass is 10.1. The molecule has 0 fully saturated rings. The molecule has 0 radical (unpaired) electrons. The van der Waals surface area contributed by atoms with Crippen LogP contribution in [0.25, 0.3) is 11.4 Å². The zero-order valence-electron chi connectivity index (χ0n) is 13.8. The molecule has 3 rings (SSSR count). The van der Waals surface area contributed by atoms with Crippen molar-refractivity contribution in [3.8, 4) is 11.4 Å². The minimum absolute atomic E-state index is 0.159. The predicted octanol–water partition coefficient (Wildman–Crippen LogP) is 3.69. The second-order valence-corrected chi connectivity index (χ2v) is 5.73. The van der Waals surface area contributed by atoms with Gasteiger partial charge in [0.15, 0.2) is 5.82 Å². The molecule has 0 aliphatic carbocycles. The van der Waals surface area contributed by atoms with E-state index in [1.165, 1.54) is 5.56 Å². The first-order valence-electron chi connectivity index (χ1n) is 7.86. The molecule has 0 spiro atoms. The summed E-state index contributed by atoms with van der Waals surface area (Å²) in [6, 6.07) is 17.8. The minimum Gasteiger partial charge on any atom is -0.348 e. The zero-order valence-corrected chi connectivity index (χ0v) is 13.8. The van der Waals surface area contributed by atoms with Crippen molar-refractivity contribution in [3.63, 3.8) is 0 Å². The molecule has 0 saturated carbocycles. The van der Waals surface area contributed by atoms with Crippen molar-refractivity contribution in [1.29, 1.82) is 0 Å². The number of carbonyl (C=O) groups excluding carboxylic acids is 1. The summed E-state index contributed by atoms with van der Waals surface area (Å²) in [5, 5.41) is 2.92. The van der Waals surface area contributed by atoms with E-state index in [9.17, 15) is 4.79 Å². The Kier molecular flexibility index (Phi) is 4.66. The molecule has 0 saturated heterocycles. The lowest BCUT2D eigenvalue weighted by Crippen LogP contribution is -2.24. The molecule has 0 atom stereocenters. The first-order valence-corrected chi connectivity index (χ1v) is 7.86. The van der Waals surface area contributed by atoms with Gasteiger partial charge in [0.25, 0.3) is 5.91 Å². The molecule has 24 heavy (non-hydrogen) atoms. The number of aryl methyl sites for hydroxylation is 2. The van der Waals surface area contributed by atoms with Crippen molar-refractivity contribution in [2.75, 3.05) is 0 Å². The van der Waals surface area contributed by atoms with E-state index in [4.69, 9.17) is 0 Å². The van der Waals surface area contributed by atoms with Gasteiger partial charge >= 0.3 is 0 Å². The van der Waals surface area contributed by atoms with Crippen LogP contribution >= 0.6 is 0 Å². The van der Waals surface area contributed by atoms with E-state index < -0.39 is 0 Å². The fourth-order valence-corrected chi connectivity index (χ4v) is 2.52.